The number of Topliss-reactive ketones (excluding diaryl/α,β-unsaturated/α-hetero) is 1. The molecule has 0 fully saturated rings. The van der Waals surface area contributed by atoms with Crippen molar-refractivity contribution in [2.24, 2.45) is 0 Å². The highest BCUT2D eigenvalue weighted by Gasteiger charge is 2.23. The number of rotatable bonds is 3. The van der Waals surface area contributed by atoms with Crippen LogP contribution in [0.3, 0.4) is 0 Å². The maximum Gasteiger partial charge on any atom is 0.331 e. The van der Waals surface area contributed by atoms with Gasteiger partial charge in [0, 0.05) is 22.3 Å². The zero-order valence-corrected chi connectivity index (χ0v) is 13.7. The van der Waals surface area contributed by atoms with Crippen molar-refractivity contribution in [2.75, 3.05) is 0 Å². The second-order valence-electron chi connectivity index (χ2n) is 5.29. The lowest BCUT2D eigenvalue weighted by Gasteiger charge is -2.10. The first-order valence-corrected chi connectivity index (χ1v) is 7.87. The fraction of sp³-hybridized carbons (Fsp3) is 0.250. The molecule has 6 nitrogen and oxygen atoms in total. The number of carbonyl (C=O) groups excluding carboxylic acids is 1. The van der Waals surface area contributed by atoms with E-state index in [9.17, 15) is 19.6 Å². The van der Waals surface area contributed by atoms with Crippen molar-refractivity contribution in [3.8, 4) is 6.07 Å². The molecule has 0 radical (unpaired) electrons. The van der Waals surface area contributed by atoms with E-state index < -0.39 is 11.2 Å². The van der Waals surface area contributed by atoms with E-state index in [1.807, 2.05) is 6.07 Å². The van der Waals surface area contributed by atoms with Gasteiger partial charge < -0.3 is 0 Å². The third-order valence-electron chi connectivity index (χ3n) is 3.91. The van der Waals surface area contributed by atoms with Crippen LogP contribution in [0.15, 0.2) is 38.3 Å². The Bertz CT molecular complexity index is 949. The molecule has 0 aliphatic carbocycles. The molecule has 1 aromatic carbocycles. The lowest BCUT2D eigenvalue weighted by Crippen LogP contribution is -2.43. The summed E-state index contributed by atoms with van der Waals surface area (Å²) in [4.78, 5) is 37.1. The maximum absolute atomic E-state index is 12.4. The number of hydrogen-bond acceptors (Lipinski definition) is 4. The number of fused-ring (bicyclic) bond motifs is 1. The van der Waals surface area contributed by atoms with Gasteiger partial charge in [-0.15, -0.1) is 0 Å². The number of aromatic nitrogens is 2. The number of ketones is 1. The van der Waals surface area contributed by atoms with Gasteiger partial charge in [-0.05, 0) is 25.0 Å². The van der Waals surface area contributed by atoms with Crippen molar-refractivity contribution in [2.45, 2.75) is 25.9 Å². The molecule has 2 heterocycles. The first-order valence-electron chi connectivity index (χ1n) is 7.08. The first-order chi connectivity index (χ1) is 11.0. The summed E-state index contributed by atoms with van der Waals surface area (Å²) in [6.07, 6.45) is 1.25. The third-order valence-corrected chi connectivity index (χ3v) is 4.44. The lowest BCUT2D eigenvalue weighted by atomic mass is 10.1. The first kappa shape index (κ1) is 15.4. The van der Waals surface area contributed by atoms with Gasteiger partial charge in [0.1, 0.15) is 11.6 Å². The second-order valence-corrected chi connectivity index (χ2v) is 6.21. The molecule has 2 aromatic rings. The van der Waals surface area contributed by atoms with Crippen molar-refractivity contribution >= 4 is 21.7 Å². The number of carbonyl (C=O) groups is 1. The van der Waals surface area contributed by atoms with Crippen LogP contribution in [0.25, 0.3) is 0 Å². The molecule has 116 valence electrons. The smallest absolute Gasteiger partial charge is 0.296 e. The van der Waals surface area contributed by atoms with E-state index in [1.54, 1.807) is 24.3 Å². The topological polar surface area (TPSA) is 84.9 Å². The third kappa shape index (κ3) is 2.66. The Labute approximate surface area is 139 Å². The molecule has 0 spiro atoms. The molecule has 23 heavy (non-hydrogen) atoms. The van der Waals surface area contributed by atoms with E-state index >= 15 is 0 Å². The van der Waals surface area contributed by atoms with Gasteiger partial charge in [-0.3, -0.25) is 18.7 Å². The van der Waals surface area contributed by atoms with Crippen LogP contribution >= 0.6 is 15.9 Å². The van der Waals surface area contributed by atoms with E-state index in [1.165, 1.54) is 4.57 Å². The van der Waals surface area contributed by atoms with Crippen LogP contribution in [0.1, 0.15) is 28.0 Å². The normalized spacial score (nSPS) is 12.7. The number of halogens is 1. The highest BCUT2D eigenvalue weighted by molar-refractivity contribution is 9.10. The van der Waals surface area contributed by atoms with Gasteiger partial charge >= 0.3 is 5.69 Å². The summed E-state index contributed by atoms with van der Waals surface area (Å²) in [5, 5.41) is 9.21. The summed E-state index contributed by atoms with van der Waals surface area (Å²) in [5.41, 5.74) is -0.355. The minimum absolute atomic E-state index is 0.0364. The second kappa shape index (κ2) is 5.97. The largest absolute Gasteiger partial charge is 0.331 e. The number of nitriles is 1. The molecule has 0 amide bonds. The zero-order chi connectivity index (χ0) is 16.6. The number of benzene rings is 1. The Balaban J connectivity index is 2.06. The van der Waals surface area contributed by atoms with Gasteiger partial charge in [0.2, 0.25) is 0 Å². The van der Waals surface area contributed by atoms with Crippen LogP contribution < -0.4 is 11.2 Å². The molecule has 1 aromatic heterocycles. The minimum atomic E-state index is -0.684. The van der Waals surface area contributed by atoms with Crippen LogP contribution in [0.5, 0.6) is 0 Å². The summed E-state index contributed by atoms with van der Waals surface area (Å²) in [5.74, 6) is -0.348. The van der Waals surface area contributed by atoms with Crippen molar-refractivity contribution < 1.29 is 4.79 Å². The van der Waals surface area contributed by atoms with E-state index in [0.717, 1.165) is 9.04 Å². The average molecular weight is 374 g/mol. The van der Waals surface area contributed by atoms with Crippen molar-refractivity contribution in [3.05, 3.63) is 66.4 Å². The molecule has 7 heteroatoms. The molecule has 0 saturated heterocycles. The molecule has 0 N–H and O–H groups in total. The van der Waals surface area contributed by atoms with Crippen molar-refractivity contribution in [1.82, 2.24) is 9.13 Å². The van der Waals surface area contributed by atoms with E-state index in [0.29, 0.717) is 30.6 Å². The number of hydrogen-bond donors (Lipinski definition) is 0. The summed E-state index contributed by atoms with van der Waals surface area (Å²) < 4.78 is 3.11. The van der Waals surface area contributed by atoms with E-state index in [-0.39, 0.29) is 17.9 Å². The Morgan fingerprint density at radius 2 is 1.96 bits per heavy atom. The predicted octanol–water partition coefficient (Wildman–Crippen LogP) is 1.47. The molecule has 0 saturated carbocycles. The fourth-order valence-corrected chi connectivity index (χ4v) is 3.02. The molecular formula is C16H12BrN3O3. The summed E-state index contributed by atoms with van der Waals surface area (Å²) in [7, 11) is 0. The SMILES string of the molecule is N#Cc1c2n(c(=O)n(CC(=O)c3ccc(Br)cc3)c1=O)CCC2. The average Bonchev–Trinajstić information content (AvgIpc) is 3.02. The molecule has 1 aliphatic heterocycles. The standard InChI is InChI=1S/C16H12BrN3O3/c17-11-5-3-10(4-6-11)14(21)9-20-15(22)12(8-18)13-2-1-7-19(13)16(20)23/h3-6H,1-2,7,9H2. The van der Waals surface area contributed by atoms with Crippen LogP contribution in [-0.2, 0) is 19.5 Å². The van der Waals surface area contributed by atoms with Gasteiger partial charge in [0.15, 0.2) is 5.78 Å². The predicted molar refractivity (Wildman–Crippen MR) is 86.5 cm³/mol. The van der Waals surface area contributed by atoms with Crippen LogP contribution in [0, 0.1) is 11.3 Å². The van der Waals surface area contributed by atoms with Gasteiger partial charge in [-0.2, -0.15) is 5.26 Å². The lowest BCUT2D eigenvalue weighted by molar-refractivity contribution is 0.0968. The molecule has 0 unspecified atom stereocenters. The Hall–Kier alpha value is -2.46. The van der Waals surface area contributed by atoms with Crippen molar-refractivity contribution in [3.63, 3.8) is 0 Å². The minimum Gasteiger partial charge on any atom is -0.296 e. The molecule has 0 bridgehead atoms. The quantitative estimate of drug-likeness (QED) is 0.762. The van der Waals surface area contributed by atoms with E-state index in [4.69, 9.17) is 0 Å². The molecule has 3 rings (SSSR count). The highest BCUT2D eigenvalue weighted by atomic mass is 79.9. The zero-order valence-electron chi connectivity index (χ0n) is 12.1. The van der Waals surface area contributed by atoms with Gasteiger partial charge in [-0.25, -0.2) is 4.79 Å². The molecule has 1 aliphatic rings. The monoisotopic (exact) mass is 373 g/mol. The van der Waals surface area contributed by atoms with Gasteiger partial charge in [-0.1, -0.05) is 28.1 Å². The van der Waals surface area contributed by atoms with Crippen LogP contribution in [-0.4, -0.2) is 14.9 Å². The highest BCUT2D eigenvalue weighted by Crippen LogP contribution is 2.14. The summed E-state index contributed by atoms with van der Waals surface area (Å²) >= 11 is 3.28. The fourth-order valence-electron chi connectivity index (χ4n) is 2.76. The van der Waals surface area contributed by atoms with Crippen LogP contribution in [0.2, 0.25) is 0 Å². The summed E-state index contributed by atoms with van der Waals surface area (Å²) in [6.45, 7) is 0.101. The van der Waals surface area contributed by atoms with E-state index in [2.05, 4.69) is 15.9 Å². The number of nitrogens with zero attached hydrogens (tertiary/aromatic N) is 3. The van der Waals surface area contributed by atoms with Gasteiger partial charge in [0.25, 0.3) is 5.56 Å². The Kier molecular flexibility index (Phi) is 4.01. The molecular weight excluding hydrogens is 362 g/mol. The maximum atomic E-state index is 12.4. The summed E-state index contributed by atoms with van der Waals surface area (Å²) in [6, 6.07) is 8.54. The molecule has 0 atom stereocenters. The Morgan fingerprint density at radius 1 is 1.26 bits per heavy atom. The Morgan fingerprint density at radius 3 is 2.61 bits per heavy atom. The van der Waals surface area contributed by atoms with Crippen molar-refractivity contribution in [1.29, 1.82) is 5.26 Å². The van der Waals surface area contributed by atoms with Gasteiger partial charge in [0.05, 0.1) is 6.54 Å². The van der Waals surface area contributed by atoms with Crippen LogP contribution in [0.4, 0.5) is 0 Å².